The van der Waals surface area contributed by atoms with E-state index in [4.69, 9.17) is 4.74 Å². The molecule has 138 valence electrons. The molecule has 1 atom stereocenters. The van der Waals surface area contributed by atoms with E-state index in [1.807, 2.05) is 6.07 Å². The molecular weight excluding hydrogens is 311 g/mol. The number of aryl methyl sites for hydroxylation is 1. The third kappa shape index (κ3) is 4.86. The zero-order valence-electron chi connectivity index (χ0n) is 15.9. The van der Waals surface area contributed by atoms with Crippen LogP contribution in [0.15, 0.2) is 29.8 Å². The van der Waals surface area contributed by atoms with Gasteiger partial charge in [0.15, 0.2) is 11.6 Å². The van der Waals surface area contributed by atoms with E-state index in [0.717, 1.165) is 36.2 Å². The van der Waals surface area contributed by atoms with Crippen LogP contribution < -0.4 is 4.74 Å². The standard InChI is InChI=1S/C23H33FO/c1-3-17-6-11-20(12-7-17)21-13-8-18(9-14-21)4-5-19-10-15-23(25-2)22(24)16-19/h8,10,15-17,20-21H,3-7,9,11-14H2,1-2H3. The lowest BCUT2D eigenvalue weighted by Gasteiger charge is -2.35. The van der Waals surface area contributed by atoms with Crippen LogP contribution in [0.3, 0.4) is 0 Å². The second kappa shape index (κ2) is 8.87. The minimum atomic E-state index is -0.250. The smallest absolute Gasteiger partial charge is 0.165 e. The SMILES string of the molecule is CCC1CCC(C2CC=C(CCc3ccc(OC)c(F)c3)CC2)CC1. The summed E-state index contributed by atoms with van der Waals surface area (Å²) in [6.07, 6.45) is 15.6. The van der Waals surface area contributed by atoms with E-state index in [0.29, 0.717) is 5.75 Å². The van der Waals surface area contributed by atoms with Gasteiger partial charge in [-0.25, -0.2) is 4.39 Å². The Hall–Kier alpha value is -1.31. The summed E-state index contributed by atoms with van der Waals surface area (Å²) in [5, 5.41) is 0. The third-order valence-corrected chi connectivity index (χ3v) is 6.63. The van der Waals surface area contributed by atoms with E-state index < -0.39 is 0 Å². The van der Waals surface area contributed by atoms with Gasteiger partial charge in [0.2, 0.25) is 0 Å². The maximum absolute atomic E-state index is 13.8. The highest BCUT2D eigenvalue weighted by Crippen LogP contribution is 2.40. The molecule has 0 aliphatic heterocycles. The molecule has 3 rings (SSSR count). The molecule has 1 fully saturated rings. The van der Waals surface area contributed by atoms with Gasteiger partial charge in [-0.2, -0.15) is 0 Å². The van der Waals surface area contributed by atoms with Crippen molar-refractivity contribution in [2.45, 2.75) is 71.1 Å². The highest BCUT2D eigenvalue weighted by molar-refractivity contribution is 5.29. The van der Waals surface area contributed by atoms with Crippen LogP contribution >= 0.6 is 0 Å². The summed E-state index contributed by atoms with van der Waals surface area (Å²) in [5.41, 5.74) is 2.65. The van der Waals surface area contributed by atoms with Gasteiger partial charge in [-0.3, -0.25) is 0 Å². The summed E-state index contributed by atoms with van der Waals surface area (Å²) < 4.78 is 18.8. The van der Waals surface area contributed by atoms with E-state index in [9.17, 15) is 4.39 Å². The Morgan fingerprint density at radius 1 is 1.04 bits per heavy atom. The number of rotatable bonds is 6. The van der Waals surface area contributed by atoms with Gasteiger partial charge in [0.25, 0.3) is 0 Å². The molecule has 0 heterocycles. The molecule has 1 saturated carbocycles. The number of benzene rings is 1. The normalized spacial score (nSPS) is 27.0. The van der Waals surface area contributed by atoms with Crippen LogP contribution in [0.25, 0.3) is 0 Å². The van der Waals surface area contributed by atoms with Gasteiger partial charge in [-0.1, -0.05) is 43.9 Å². The number of hydrogen-bond acceptors (Lipinski definition) is 1. The molecule has 2 aliphatic carbocycles. The highest BCUT2D eigenvalue weighted by Gasteiger charge is 2.27. The fourth-order valence-electron chi connectivity index (χ4n) is 4.80. The molecule has 1 aromatic carbocycles. The first-order chi connectivity index (χ1) is 12.2. The lowest BCUT2D eigenvalue weighted by Crippen LogP contribution is -2.23. The zero-order chi connectivity index (χ0) is 17.6. The Balaban J connectivity index is 1.46. The average Bonchev–Trinajstić information content (AvgIpc) is 2.67. The maximum atomic E-state index is 13.8. The van der Waals surface area contributed by atoms with Crippen molar-refractivity contribution in [3.8, 4) is 5.75 Å². The van der Waals surface area contributed by atoms with Crippen LogP contribution in [0.5, 0.6) is 5.75 Å². The van der Waals surface area contributed by atoms with Gasteiger partial charge in [0.05, 0.1) is 7.11 Å². The van der Waals surface area contributed by atoms with Crippen LogP contribution in [0, 0.1) is 23.6 Å². The predicted octanol–water partition coefficient (Wildman–Crippen LogP) is 6.71. The minimum Gasteiger partial charge on any atom is -0.494 e. The molecule has 0 spiro atoms. The van der Waals surface area contributed by atoms with Crippen LogP contribution in [0.2, 0.25) is 0 Å². The second-order valence-electron chi connectivity index (χ2n) is 8.05. The molecule has 1 unspecified atom stereocenters. The largest absolute Gasteiger partial charge is 0.494 e. The summed E-state index contributed by atoms with van der Waals surface area (Å²) in [7, 11) is 1.51. The Morgan fingerprint density at radius 2 is 1.84 bits per heavy atom. The molecule has 0 bridgehead atoms. The van der Waals surface area contributed by atoms with Gasteiger partial charge < -0.3 is 4.74 Å². The number of allylic oxidation sites excluding steroid dienone is 2. The first-order valence-electron chi connectivity index (χ1n) is 10.2. The number of hydrogen-bond donors (Lipinski definition) is 0. The maximum Gasteiger partial charge on any atom is 0.165 e. The first-order valence-corrected chi connectivity index (χ1v) is 10.2. The quantitative estimate of drug-likeness (QED) is 0.521. The van der Waals surface area contributed by atoms with Gasteiger partial charge in [0, 0.05) is 0 Å². The van der Waals surface area contributed by atoms with Crippen molar-refractivity contribution in [3.05, 3.63) is 41.2 Å². The fraction of sp³-hybridized carbons (Fsp3) is 0.652. The molecular formula is C23H33FO. The highest BCUT2D eigenvalue weighted by atomic mass is 19.1. The molecule has 25 heavy (non-hydrogen) atoms. The molecule has 1 nitrogen and oxygen atoms in total. The van der Waals surface area contributed by atoms with E-state index in [1.54, 1.807) is 17.7 Å². The van der Waals surface area contributed by atoms with Crippen LogP contribution in [-0.2, 0) is 6.42 Å². The molecule has 0 radical (unpaired) electrons. The predicted molar refractivity (Wildman–Crippen MR) is 102 cm³/mol. The lowest BCUT2D eigenvalue weighted by molar-refractivity contribution is 0.189. The molecule has 0 amide bonds. The van der Waals surface area contributed by atoms with E-state index in [1.165, 1.54) is 58.5 Å². The van der Waals surface area contributed by atoms with E-state index in [2.05, 4.69) is 13.0 Å². The third-order valence-electron chi connectivity index (χ3n) is 6.63. The van der Waals surface area contributed by atoms with Crippen LogP contribution in [-0.4, -0.2) is 7.11 Å². The summed E-state index contributed by atoms with van der Waals surface area (Å²) in [6.45, 7) is 2.34. The Labute approximate surface area is 152 Å². The number of ether oxygens (including phenoxy) is 1. The Morgan fingerprint density at radius 3 is 2.44 bits per heavy atom. The van der Waals surface area contributed by atoms with Gasteiger partial charge in [0.1, 0.15) is 0 Å². The molecule has 2 aliphatic rings. The molecule has 0 N–H and O–H groups in total. The number of methoxy groups -OCH3 is 1. The summed E-state index contributed by atoms with van der Waals surface area (Å²) in [4.78, 5) is 0. The average molecular weight is 345 g/mol. The Kier molecular flexibility index (Phi) is 6.56. The summed E-state index contributed by atoms with van der Waals surface area (Å²) in [5.74, 6) is 2.97. The van der Waals surface area contributed by atoms with Crippen LogP contribution in [0.1, 0.15) is 70.3 Å². The molecule has 2 heteroatoms. The van der Waals surface area contributed by atoms with Gasteiger partial charge in [-0.05, 0) is 80.4 Å². The van der Waals surface area contributed by atoms with Crippen molar-refractivity contribution in [2.75, 3.05) is 7.11 Å². The zero-order valence-corrected chi connectivity index (χ0v) is 15.9. The molecule has 0 saturated heterocycles. The van der Waals surface area contributed by atoms with Crippen molar-refractivity contribution < 1.29 is 9.13 Å². The van der Waals surface area contributed by atoms with Crippen molar-refractivity contribution in [1.29, 1.82) is 0 Å². The minimum absolute atomic E-state index is 0.250. The number of halogens is 1. The van der Waals surface area contributed by atoms with Crippen molar-refractivity contribution in [2.24, 2.45) is 17.8 Å². The van der Waals surface area contributed by atoms with E-state index >= 15 is 0 Å². The Bertz CT molecular complexity index is 584. The first kappa shape index (κ1) is 18.5. The second-order valence-corrected chi connectivity index (χ2v) is 8.05. The summed E-state index contributed by atoms with van der Waals surface area (Å²) in [6, 6.07) is 5.35. The lowest BCUT2D eigenvalue weighted by atomic mass is 9.71. The van der Waals surface area contributed by atoms with Gasteiger partial charge >= 0.3 is 0 Å². The van der Waals surface area contributed by atoms with Crippen molar-refractivity contribution >= 4 is 0 Å². The topological polar surface area (TPSA) is 9.23 Å². The van der Waals surface area contributed by atoms with Crippen molar-refractivity contribution in [1.82, 2.24) is 0 Å². The molecule has 1 aromatic rings. The monoisotopic (exact) mass is 344 g/mol. The molecule has 0 aromatic heterocycles. The summed E-state index contributed by atoms with van der Waals surface area (Å²) >= 11 is 0. The fourth-order valence-corrected chi connectivity index (χ4v) is 4.80. The van der Waals surface area contributed by atoms with Gasteiger partial charge in [-0.15, -0.1) is 0 Å². The van der Waals surface area contributed by atoms with Crippen molar-refractivity contribution in [3.63, 3.8) is 0 Å². The van der Waals surface area contributed by atoms with E-state index in [-0.39, 0.29) is 5.82 Å². The van der Waals surface area contributed by atoms with Crippen LogP contribution in [0.4, 0.5) is 4.39 Å².